The van der Waals surface area contributed by atoms with Gasteiger partial charge in [0.15, 0.2) is 5.84 Å². The van der Waals surface area contributed by atoms with Gasteiger partial charge in [-0.3, -0.25) is 9.69 Å². The molecule has 0 saturated carbocycles. The first kappa shape index (κ1) is 18.9. The van der Waals surface area contributed by atoms with Crippen LogP contribution in [0.25, 0.3) is 0 Å². The van der Waals surface area contributed by atoms with Gasteiger partial charge < -0.3 is 5.73 Å². The van der Waals surface area contributed by atoms with E-state index < -0.39 is 10.0 Å². The predicted molar refractivity (Wildman–Crippen MR) is 93.4 cm³/mol. The smallest absolute Gasteiger partial charge is 0.238 e. The van der Waals surface area contributed by atoms with Crippen molar-refractivity contribution < 1.29 is 13.2 Å². The van der Waals surface area contributed by atoms with Gasteiger partial charge in [0.2, 0.25) is 10.0 Å². The van der Waals surface area contributed by atoms with Crippen molar-refractivity contribution in [1.29, 1.82) is 0 Å². The van der Waals surface area contributed by atoms with Crippen molar-refractivity contribution in [1.82, 2.24) is 10.4 Å². The van der Waals surface area contributed by atoms with Crippen molar-refractivity contribution in [3.63, 3.8) is 0 Å². The average Bonchev–Trinajstić information content (AvgIpc) is 2.56. The molecule has 1 heterocycles. The van der Waals surface area contributed by atoms with E-state index in [0.29, 0.717) is 38.0 Å². The van der Waals surface area contributed by atoms with Gasteiger partial charge in [0.1, 0.15) is 5.78 Å². The zero-order valence-corrected chi connectivity index (χ0v) is 14.3. The van der Waals surface area contributed by atoms with E-state index in [9.17, 15) is 13.2 Å². The minimum Gasteiger partial charge on any atom is -0.382 e. The lowest BCUT2D eigenvalue weighted by atomic mass is 10.1. The largest absolute Gasteiger partial charge is 0.382 e. The van der Waals surface area contributed by atoms with Crippen molar-refractivity contribution in [3.8, 4) is 11.8 Å². The first-order chi connectivity index (χ1) is 11.8. The summed E-state index contributed by atoms with van der Waals surface area (Å²) >= 11 is 0. The number of likely N-dealkylation sites (tertiary alicyclic amines) is 1. The number of benzene rings is 1. The lowest BCUT2D eigenvalue weighted by molar-refractivity contribution is -0.121. The number of carbonyl (C=O) groups is 1. The summed E-state index contributed by atoms with van der Waals surface area (Å²) in [6.07, 6.45) is 1.05. The molecule has 0 atom stereocenters. The minimum atomic E-state index is -4.02. The minimum absolute atomic E-state index is 0.101. The number of nitrogens with two attached hydrogens (primary N) is 3. The topological polar surface area (TPSA) is 157 Å². The fourth-order valence-corrected chi connectivity index (χ4v) is 3.24. The van der Waals surface area contributed by atoms with Crippen molar-refractivity contribution in [2.24, 2.45) is 21.8 Å². The van der Waals surface area contributed by atoms with Gasteiger partial charge in [-0.2, -0.15) is 0 Å². The zero-order chi connectivity index (χ0) is 18.4. The van der Waals surface area contributed by atoms with Crippen molar-refractivity contribution in [3.05, 3.63) is 29.3 Å². The molecule has 134 valence electrons. The van der Waals surface area contributed by atoms with Crippen molar-refractivity contribution >= 4 is 21.6 Å². The molecule has 7 N–H and O–H groups in total. The summed E-state index contributed by atoms with van der Waals surface area (Å²) in [7, 11) is -4.02. The third-order valence-corrected chi connectivity index (χ3v) is 4.67. The molecule has 1 aromatic carbocycles. The molecule has 10 heteroatoms. The number of Topliss-reactive ketones (excluding diaryl/α,β-unsaturated/α-hetero) is 1. The Hall–Kier alpha value is -2.45. The van der Waals surface area contributed by atoms with Crippen LogP contribution >= 0.6 is 0 Å². The van der Waals surface area contributed by atoms with Gasteiger partial charge in [0.05, 0.1) is 17.0 Å². The van der Waals surface area contributed by atoms with Crippen LogP contribution in [0.5, 0.6) is 0 Å². The maximum absolute atomic E-state index is 11.8. The van der Waals surface area contributed by atoms with E-state index >= 15 is 0 Å². The number of primary sulfonamides is 1. The van der Waals surface area contributed by atoms with Gasteiger partial charge in [-0.1, -0.05) is 17.9 Å². The Morgan fingerprint density at radius 1 is 1.32 bits per heavy atom. The monoisotopic (exact) mass is 364 g/mol. The number of nitrogens with one attached hydrogen (secondary N) is 1. The number of hydrogen-bond acceptors (Lipinski definition) is 7. The maximum atomic E-state index is 11.8. The van der Waals surface area contributed by atoms with Gasteiger partial charge in [-0.15, -0.1) is 5.10 Å². The Bertz CT molecular complexity index is 844. The van der Waals surface area contributed by atoms with Gasteiger partial charge in [0.25, 0.3) is 0 Å². The molecule has 1 aliphatic heterocycles. The molecule has 0 aromatic heterocycles. The summed E-state index contributed by atoms with van der Waals surface area (Å²) in [5.74, 6) is 11.1. The number of amidine groups is 1. The number of nitrogens with zero attached hydrogens (tertiary/aromatic N) is 2. The highest BCUT2D eigenvalue weighted by atomic mass is 32.2. The lowest BCUT2D eigenvalue weighted by Gasteiger charge is -2.23. The fraction of sp³-hybridized carbons (Fsp3) is 0.333. The van der Waals surface area contributed by atoms with E-state index in [0.717, 1.165) is 0 Å². The van der Waals surface area contributed by atoms with Crippen LogP contribution < -0.4 is 22.3 Å². The van der Waals surface area contributed by atoms with Gasteiger partial charge in [-0.05, 0) is 12.1 Å². The first-order valence-corrected chi connectivity index (χ1v) is 9.05. The molecule has 0 amide bonds. The first-order valence-electron chi connectivity index (χ1n) is 7.51. The van der Waals surface area contributed by atoms with Gasteiger partial charge >= 0.3 is 0 Å². The number of sulfonamides is 1. The van der Waals surface area contributed by atoms with E-state index in [1.54, 1.807) is 6.07 Å². The molecule has 1 aromatic rings. The third kappa shape index (κ3) is 5.01. The van der Waals surface area contributed by atoms with E-state index in [-0.39, 0.29) is 22.1 Å². The van der Waals surface area contributed by atoms with E-state index in [1.165, 1.54) is 12.1 Å². The fourth-order valence-electron chi connectivity index (χ4n) is 2.47. The second-order valence-corrected chi connectivity index (χ2v) is 7.00. The molecule has 1 fully saturated rings. The predicted octanol–water partition coefficient (Wildman–Crippen LogP) is -1.57. The van der Waals surface area contributed by atoms with Crippen molar-refractivity contribution in [2.75, 3.05) is 19.6 Å². The van der Waals surface area contributed by atoms with Gasteiger partial charge in [0, 0.05) is 31.5 Å². The number of ketones is 1. The molecule has 0 aliphatic carbocycles. The summed E-state index contributed by atoms with van der Waals surface area (Å²) in [6.45, 7) is 1.79. The summed E-state index contributed by atoms with van der Waals surface area (Å²) < 4.78 is 23.6. The van der Waals surface area contributed by atoms with E-state index in [4.69, 9.17) is 16.7 Å². The van der Waals surface area contributed by atoms with Crippen LogP contribution in [-0.2, 0) is 14.8 Å². The SMILES string of the molecule is NN/N=C(\N)c1c(C#CCN2CCC(=O)CC2)cccc1S(N)(=O)=O. The third-order valence-electron chi connectivity index (χ3n) is 3.71. The summed E-state index contributed by atoms with van der Waals surface area (Å²) in [5.41, 5.74) is 8.30. The standard InChI is InChI=1S/C15H20N6O3S/c16-15(19-20-17)14-11(3-1-5-13(14)25(18,23)24)4-2-8-21-9-6-12(22)7-10-21/h1,3,5,20H,6-10,17H2,(H2,16,19)(H2,18,23,24). The van der Waals surface area contributed by atoms with Crippen molar-refractivity contribution in [2.45, 2.75) is 17.7 Å². The number of carbonyl (C=O) groups excluding carboxylic acids is 1. The molecule has 1 saturated heterocycles. The number of hydrazone groups is 1. The molecule has 2 rings (SSSR count). The summed E-state index contributed by atoms with van der Waals surface area (Å²) in [4.78, 5) is 13.1. The number of hydrazine groups is 1. The highest BCUT2D eigenvalue weighted by molar-refractivity contribution is 7.89. The quantitative estimate of drug-likeness (QED) is 0.165. The second kappa shape index (κ2) is 8.09. The molecule has 0 radical (unpaired) electrons. The zero-order valence-electron chi connectivity index (χ0n) is 13.5. The average molecular weight is 364 g/mol. The molecule has 0 spiro atoms. The normalized spacial score (nSPS) is 16.2. The number of piperidine rings is 1. The molecule has 9 nitrogen and oxygen atoms in total. The van der Waals surface area contributed by atoms with Crippen LogP contribution in [0.2, 0.25) is 0 Å². The highest BCUT2D eigenvalue weighted by Gasteiger charge is 2.19. The van der Waals surface area contributed by atoms with Crippen LogP contribution in [0.15, 0.2) is 28.2 Å². The van der Waals surface area contributed by atoms with E-state index in [1.807, 2.05) is 5.53 Å². The molecule has 25 heavy (non-hydrogen) atoms. The molecular formula is C15H20N6O3S. The highest BCUT2D eigenvalue weighted by Crippen LogP contribution is 2.18. The Morgan fingerprint density at radius 3 is 2.60 bits per heavy atom. The Kier molecular flexibility index (Phi) is 6.11. The van der Waals surface area contributed by atoms with Crippen LogP contribution in [0, 0.1) is 11.8 Å². The maximum Gasteiger partial charge on any atom is 0.238 e. The Morgan fingerprint density at radius 2 is 2.00 bits per heavy atom. The van der Waals surface area contributed by atoms with Crippen LogP contribution in [-0.4, -0.2) is 44.6 Å². The Balaban J connectivity index is 2.33. The molecular weight excluding hydrogens is 344 g/mol. The van der Waals surface area contributed by atoms with Crippen LogP contribution in [0.1, 0.15) is 24.0 Å². The lowest BCUT2D eigenvalue weighted by Crippen LogP contribution is -2.34. The van der Waals surface area contributed by atoms with Gasteiger partial charge in [-0.25, -0.2) is 24.9 Å². The second-order valence-electron chi connectivity index (χ2n) is 5.47. The van der Waals surface area contributed by atoms with Crippen LogP contribution in [0.4, 0.5) is 0 Å². The molecule has 0 unspecified atom stereocenters. The number of rotatable bonds is 4. The number of hydrogen-bond donors (Lipinski definition) is 4. The summed E-state index contributed by atoms with van der Waals surface area (Å²) in [6, 6.07) is 4.47. The molecule has 0 bridgehead atoms. The molecule has 1 aliphatic rings. The van der Waals surface area contributed by atoms with Crippen LogP contribution in [0.3, 0.4) is 0 Å². The van der Waals surface area contributed by atoms with E-state index in [2.05, 4.69) is 21.8 Å². The Labute approximate surface area is 146 Å². The summed E-state index contributed by atoms with van der Waals surface area (Å²) in [5, 5.41) is 8.86.